The minimum absolute atomic E-state index is 0.0757. The van der Waals surface area contributed by atoms with E-state index in [-0.39, 0.29) is 31.3 Å². The summed E-state index contributed by atoms with van der Waals surface area (Å²) >= 11 is 0. The molecule has 9 heteroatoms. The first kappa shape index (κ1) is 23.8. The van der Waals surface area contributed by atoms with E-state index in [1.165, 1.54) is 12.1 Å². The third kappa shape index (κ3) is 4.51. The lowest BCUT2D eigenvalue weighted by Gasteiger charge is -2.36. The van der Waals surface area contributed by atoms with Gasteiger partial charge in [0, 0.05) is 11.1 Å². The zero-order chi connectivity index (χ0) is 25.2. The maximum atomic E-state index is 10.0. The number of rotatable bonds is 6. The number of hydrogen-bond acceptors (Lipinski definition) is 9. The Hall–Kier alpha value is -3.92. The summed E-state index contributed by atoms with van der Waals surface area (Å²) in [6.07, 6.45) is 0.574. The molecule has 2 heterocycles. The molecule has 3 aromatic rings. The van der Waals surface area contributed by atoms with Crippen molar-refractivity contribution in [3.05, 3.63) is 77.4 Å². The van der Waals surface area contributed by atoms with E-state index >= 15 is 0 Å². The van der Waals surface area contributed by atoms with E-state index in [1.807, 2.05) is 6.07 Å². The van der Waals surface area contributed by atoms with Gasteiger partial charge in [-0.2, -0.15) is 0 Å². The van der Waals surface area contributed by atoms with Crippen LogP contribution in [-0.2, 0) is 0 Å². The van der Waals surface area contributed by atoms with Crippen LogP contribution in [0.1, 0.15) is 28.9 Å². The summed E-state index contributed by atoms with van der Waals surface area (Å²) in [6, 6.07) is 14.9. The van der Waals surface area contributed by atoms with Crippen LogP contribution in [0.5, 0.6) is 34.5 Å². The Kier molecular flexibility index (Phi) is 6.60. The Morgan fingerprint density at radius 1 is 0.611 bits per heavy atom. The molecule has 0 spiro atoms. The molecule has 4 atom stereocenters. The standard InChI is InChI=1S/C27H26O9/c28-9-1-2-15-3-7-21-22(10-15)34-25(14-30)27(35-21)17-5-8-20-23(12-17)36-26(24(13-29)33-20)16-4-6-18(31)19(32)11-16/h1-8,10-12,24-32H,9,13-14H2/b2-1+/t24?,25-,26?,27-/m0/s1. The van der Waals surface area contributed by atoms with E-state index in [0.29, 0.717) is 34.1 Å². The van der Waals surface area contributed by atoms with Crippen LogP contribution in [0.4, 0.5) is 0 Å². The molecular weight excluding hydrogens is 468 g/mol. The first-order valence-electron chi connectivity index (χ1n) is 11.5. The molecule has 0 fully saturated rings. The zero-order valence-electron chi connectivity index (χ0n) is 19.2. The summed E-state index contributed by atoms with van der Waals surface area (Å²) in [5, 5.41) is 48.4. The molecule has 2 unspecified atom stereocenters. The smallest absolute Gasteiger partial charge is 0.163 e. The number of aromatic hydroxyl groups is 2. The molecule has 0 aromatic heterocycles. The van der Waals surface area contributed by atoms with E-state index in [0.717, 1.165) is 5.56 Å². The molecule has 5 N–H and O–H groups in total. The highest BCUT2D eigenvalue weighted by atomic mass is 16.6. The van der Waals surface area contributed by atoms with Gasteiger partial charge in [-0.25, -0.2) is 0 Å². The summed E-state index contributed by atoms with van der Waals surface area (Å²) < 4.78 is 24.4. The van der Waals surface area contributed by atoms with Crippen LogP contribution in [0.15, 0.2) is 60.7 Å². The molecule has 5 rings (SSSR count). The Morgan fingerprint density at radius 2 is 1.19 bits per heavy atom. The van der Waals surface area contributed by atoms with Crippen molar-refractivity contribution in [1.29, 1.82) is 0 Å². The second kappa shape index (κ2) is 9.98. The van der Waals surface area contributed by atoms with Crippen LogP contribution in [0.2, 0.25) is 0 Å². The molecule has 188 valence electrons. The van der Waals surface area contributed by atoms with Crippen LogP contribution in [-0.4, -0.2) is 57.6 Å². The van der Waals surface area contributed by atoms with Crippen molar-refractivity contribution in [1.82, 2.24) is 0 Å². The number of aliphatic hydroxyl groups excluding tert-OH is 3. The number of fused-ring (bicyclic) bond motifs is 2. The number of phenolic OH excluding ortho intramolecular Hbond substituents is 2. The number of phenols is 2. The largest absolute Gasteiger partial charge is 0.504 e. The van der Waals surface area contributed by atoms with Crippen molar-refractivity contribution in [2.45, 2.75) is 24.4 Å². The monoisotopic (exact) mass is 494 g/mol. The zero-order valence-corrected chi connectivity index (χ0v) is 19.2. The van der Waals surface area contributed by atoms with Gasteiger partial charge in [-0.15, -0.1) is 0 Å². The molecule has 0 radical (unpaired) electrons. The molecule has 2 aliphatic heterocycles. The third-order valence-electron chi connectivity index (χ3n) is 6.11. The second-order valence-electron chi connectivity index (χ2n) is 8.50. The van der Waals surface area contributed by atoms with Crippen LogP contribution < -0.4 is 18.9 Å². The summed E-state index contributed by atoms with van der Waals surface area (Å²) in [5.41, 5.74) is 2.03. The van der Waals surface area contributed by atoms with Crippen molar-refractivity contribution < 1.29 is 44.5 Å². The van der Waals surface area contributed by atoms with Gasteiger partial charge in [-0.3, -0.25) is 0 Å². The van der Waals surface area contributed by atoms with Crippen molar-refractivity contribution in [2.24, 2.45) is 0 Å². The molecule has 36 heavy (non-hydrogen) atoms. The van der Waals surface area contributed by atoms with Gasteiger partial charge in [0.2, 0.25) is 0 Å². The van der Waals surface area contributed by atoms with Crippen molar-refractivity contribution in [2.75, 3.05) is 19.8 Å². The lowest BCUT2D eigenvalue weighted by atomic mass is 10.00. The summed E-state index contributed by atoms with van der Waals surface area (Å²) in [4.78, 5) is 0. The fourth-order valence-corrected chi connectivity index (χ4v) is 4.32. The van der Waals surface area contributed by atoms with Crippen LogP contribution >= 0.6 is 0 Å². The molecule has 9 nitrogen and oxygen atoms in total. The third-order valence-corrected chi connectivity index (χ3v) is 6.11. The predicted octanol–water partition coefficient (Wildman–Crippen LogP) is 2.85. The number of ether oxygens (including phenoxy) is 4. The molecule has 0 saturated carbocycles. The number of aliphatic hydroxyl groups is 3. The lowest BCUT2D eigenvalue weighted by Crippen LogP contribution is -2.37. The fourth-order valence-electron chi connectivity index (χ4n) is 4.32. The summed E-state index contributed by atoms with van der Waals surface area (Å²) in [5.74, 6) is 1.25. The Balaban J connectivity index is 1.44. The van der Waals surface area contributed by atoms with E-state index < -0.39 is 24.4 Å². The quantitative estimate of drug-likeness (QED) is 0.328. The van der Waals surface area contributed by atoms with E-state index in [2.05, 4.69) is 0 Å². The minimum atomic E-state index is -0.743. The first-order chi connectivity index (χ1) is 17.5. The van der Waals surface area contributed by atoms with Crippen LogP contribution in [0.3, 0.4) is 0 Å². The normalized spacial score (nSPS) is 22.5. The highest BCUT2D eigenvalue weighted by Gasteiger charge is 2.36. The fraction of sp³-hybridized carbons (Fsp3) is 0.259. The molecule has 3 aromatic carbocycles. The molecule has 0 aliphatic carbocycles. The Morgan fingerprint density at radius 3 is 1.89 bits per heavy atom. The van der Waals surface area contributed by atoms with Gasteiger partial charge < -0.3 is 44.5 Å². The van der Waals surface area contributed by atoms with E-state index in [4.69, 9.17) is 24.1 Å². The van der Waals surface area contributed by atoms with Crippen molar-refractivity contribution in [3.8, 4) is 34.5 Å². The topological polar surface area (TPSA) is 138 Å². The van der Waals surface area contributed by atoms with E-state index in [9.17, 15) is 20.4 Å². The molecule has 0 saturated heterocycles. The molecule has 0 amide bonds. The molecular formula is C27H26O9. The van der Waals surface area contributed by atoms with Gasteiger partial charge in [-0.05, 0) is 42.0 Å². The van der Waals surface area contributed by atoms with Gasteiger partial charge in [0.05, 0.1) is 19.8 Å². The van der Waals surface area contributed by atoms with Gasteiger partial charge >= 0.3 is 0 Å². The van der Waals surface area contributed by atoms with Crippen LogP contribution in [0.25, 0.3) is 6.08 Å². The average molecular weight is 494 g/mol. The summed E-state index contributed by atoms with van der Waals surface area (Å²) in [7, 11) is 0. The van der Waals surface area contributed by atoms with E-state index in [1.54, 1.807) is 48.6 Å². The molecule has 2 aliphatic rings. The number of benzene rings is 3. The van der Waals surface area contributed by atoms with Crippen molar-refractivity contribution in [3.63, 3.8) is 0 Å². The maximum Gasteiger partial charge on any atom is 0.163 e. The highest BCUT2D eigenvalue weighted by Crippen LogP contribution is 2.45. The number of hydrogen-bond donors (Lipinski definition) is 5. The maximum absolute atomic E-state index is 10.0. The van der Waals surface area contributed by atoms with Crippen molar-refractivity contribution >= 4 is 6.08 Å². The Labute approximate surface area is 207 Å². The SMILES string of the molecule is OC/C=C/c1ccc2c(c1)O[C@@H](CO)[C@H](c1ccc3c(c1)OC(c1ccc(O)c(O)c1)C(CO)O3)O2. The second-order valence-corrected chi connectivity index (χ2v) is 8.50. The van der Waals surface area contributed by atoms with Gasteiger partial charge in [0.25, 0.3) is 0 Å². The average Bonchev–Trinajstić information content (AvgIpc) is 2.91. The van der Waals surface area contributed by atoms with Gasteiger partial charge in [-0.1, -0.05) is 30.4 Å². The molecule has 0 bridgehead atoms. The predicted molar refractivity (Wildman–Crippen MR) is 129 cm³/mol. The highest BCUT2D eigenvalue weighted by molar-refractivity contribution is 5.57. The van der Waals surface area contributed by atoms with Crippen LogP contribution in [0, 0.1) is 0 Å². The Bertz CT molecular complexity index is 1270. The minimum Gasteiger partial charge on any atom is -0.504 e. The van der Waals surface area contributed by atoms with Gasteiger partial charge in [0.1, 0.15) is 0 Å². The lowest BCUT2D eigenvalue weighted by molar-refractivity contribution is -0.0173. The van der Waals surface area contributed by atoms with Gasteiger partial charge in [0.15, 0.2) is 58.9 Å². The first-order valence-corrected chi connectivity index (χ1v) is 11.5. The summed E-state index contributed by atoms with van der Waals surface area (Å²) in [6.45, 7) is -0.698.